The third kappa shape index (κ3) is 3.72. The molecule has 0 aromatic heterocycles. The number of fused-ring (bicyclic) bond motifs is 3. The number of esters is 1. The zero-order chi connectivity index (χ0) is 22.9. The molecule has 1 atom stereocenters. The van der Waals surface area contributed by atoms with Gasteiger partial charge < -0.3 is 15.6 Å². The molecule has 1 aliphatic rings. The number of nitro benzene ring substituents is 1. The molecule has 4 rings (SSSR count). The monoisotopic (exact) mass is 432 g/mol. The number of rotatable bonds is 7. The normalized spacial score (nSPS) is 14.2. The van der Waals surface area contributed by atoms with Crippen molar-refractivity contribution in [2.75, 3.05) is 6.61 Å². The van der Waals surface area contributed by atoms with Crippen molar-refractivity contribution >= 4 is 17.6 Å². The number of nitrogens with two attached hydrogens (primary N) is 1. The van der Waals surface area contributed by atoms with Gasteiger partial charge in [-0.05, 0) is 27.8 Å². The molecule has 0 saturated carbocycles. The summed E-state index contributed by atoms with van der Waals surface area (Å²) in [5.74, 6) is -2.83. The third-order valence-electron chi connectivity index (χ3n) is 5.72. The summed E-state index contributed by atoms with van der Waals surface area (Å²) in [5, 5.41) is 20.5. The van der Waals surface area contributed by atoms with Crippen molar-refractivity contribution in [2.45, 2.75) is 17.9 Å². The maximum Gasteiger partial charge on any atom is 0.338 e. The van der Waals surface area contributed by atoms with Gasteiger partial charge in [-0.2, -0.15) is 0 Å². The van der Waals surface area contributed by atoms with E-state index in [0.29, 0.717) is 5.56 Å². The SMILES string of the molecule is N[C@@](Cc1ccc([N+](=O)[O-])cc1)(C(=O)O)C(=O)OCC1c2ccccc2-c2ccccc21. The zero-order valence-corrected chi connectivity index (χ0v) is 16.9. The van der Waals surface area contributed by atoms with Crippen LogP contribution in [0.15, 0.2) is 72.8 Å². The highest BCUT2D eigenvalue weighted by molar-refractivity contribution is 6.04. The van der Waals surface area contributed by atoms with E-state index in [1.54, 1.807) is 0 Å². The summed E-state index contributed by atoms with van der Waals surface area (Å²) in [4.78, 5) is 35.0. The molecular weight excluding hydrogens is 412 g/mol. The minimum absolute atomic E-state index is 0.0562. The number of carbonyl (C=O) groups excluding carboxylic acids is 1. The molecule has 0 spiro atoms. The Kier molecular flexibility index (Phi) is 5.46. The molecule has 0 radical (unpaired) electrons. The Hall–Kier alpha value is -4.04. The fourth-order valence-corrected chi connectivity index (χ4v) is 4.02. The van der Waals surface area contributed by atoms with Gasteiger partial charge in [0.15, 0.2) is 0 Å². The summed E-state index contributed by atoms with van der Waals surface area (Å²) in [7, 11) is 0. The second-order valence-electron chi connectivity index (χ2n) is 7.70. The number of nitrogens with zero attached hydrogens (tertiary/aromatic N) is 1. The molecule has 0 heterocycles. The molecule has 0 fully saturated rings. The lowest BCUT2D eigenvalue weighted by Crippen LogP contribution is -2.57. The van der Waals surface area contributed by atoms with Crippen molar-refractivity contribution in [1.82, 2.24) is 0 Å². The lowest BCUT2D eigenvalue weighted by Gasteiger charge is -2.24. The summed E-state index contributed by atoms with van der Waals surface area (Å²) in [5.41, 5.74) is 7.97. The fraction of sp³-hybridized carbons (Fsp3) is 0.167. The van der Waals surface area contributed by atoms with Crippen LogP contribution in [0.1, 0.15) is 22.6 Å². The van der Waals surface area contributed by atoms with Gasteiger partial charge in [-0.25, -0.2) is 9.59 Å². The van der Waals surface area contributed by atoms with Gasteiger partial charge in [-0.15, -0.1) is 0 Å². The van der Waals surface area contributed by atoms with E-state index >= 15 is 0 Å². The highest BCUT2D eigenvalue weighted by Gasteiger charge is 2.45. The van der Waals surface area contributed by atoms with Gasteiger partial charge in [0.2, 0.25) is 5.54 Å². The van der Waals surface area contributed by atoms with Crippen molar-refractivity contribution in [3.05, 3.63) is 99.6 Å². The van der Waals surface area contributed by atoms with E-state index in [4.69, 9.17) is 10.5 Å². The van der Waals surface area contributed by atoms with Crippen LogP contribution in [0.2, 0.25) is 0 Å². The molecule has 8 heteroatoms. The van der Waals surface area contributed by atoms with Crippen molar-refractivity contribution in [1.29, 1.82) is 0 Å². The Balaban J connectivity index is 1.54. The lowest BCUT2D eigenvalue weighted by molar-refractivity contribution is -0.384. The van der Waals surface area contributed by atoms with Crippen LogP contribution in [0, 0.1) is 10.1 Å². The quantitative estimate of drug-likeness (QED) is 0.253. The first-order chi connectivity index (χ1) is 15.3. The number of non-ortho nitro benzene ring substituents is 1. The lowest BCUT2D eigenvalue weighted by atomic mass is 9.91. The Bertz CT molecular complexity index is 1160. The fourth-order valence-electron chi connectivity index (χ4n) is 4.02. The summed E-state index contributed by atoms with van der Waals surface area (Å²) < 4.78 is 5.45. The Morgan fingerprint density at radius 2 is 1.50 bits per heavy atom. The molecule has 0 bridgehead atoms. The predicted octanol–water partition coefficient (Wildman–Crippen LogP) is 3.28. The minimum atomic E-state index is -2.33. The van der Waals surface area contributed by atoms with Gasteiger partial charge in [0.25, 0.3) is 5.69 Å². The van der Waals surface area contributed by atoms with Crippen molar-refractivity contribution in [3.8, 4) is 11.1 Å². The number of aliphatic carboxylic acids is 1. The standard InChI is InChI=1S/C24H20N2O6/c25-24(22(27)28,13-15-9-11-16(12-10-15)26(30)31)23(29)32-14-21-19-7-3-1-5-17(19)18-6-2-4-8-20(18)21/h1-12,21H,13-14,25H2,(H,27,28)/t24-/m0/s1. The average Bonchev–Trinajstić information content (AvgIpc) is 3.11. The highest BCUT2D eigenvalue weighted by Crippen LogP contribution is 2.44. The first kappa shape index (κ1) is 21.2. The average molecular weight is 432 g/mol. The molecule has 8 nitrogen and oxygen atoms in total. The number of hydrogen-bond acceptors (Lipinski definition) is 6. The number of carbonyl (C=O) groups is 2. The van der Waals surface area contributed by atoms with Crippen LogP contribution in [0.5, 0.6) is 0 Å². The van der Waals surface area contributed by atoms with Crippen LogP contribution in [-0.4, -0.2) is 34.1 Å². The molecule has 32 heavy (non-hydrogen) atoms. The Labute approximate surface area is 183 Å². The molecule has 0 unspecified atom stereocenters. The smallest absolute Gasteiger partial charge is 0.338 e. The maximum atomic E-state index is 12.8. The topological polar surface area (TPSA) is 133 Å². The first-order valence-electron chi connectivity index (χ1n) is 9.92. The van der Waals surface area contributed by atoms with E-state index in [1.165, 1.54) is 24.3 Å². The van der Waals surface area contributed by atoms with Gasteiger partial charge in [-0.3, -0.25) is 10.1 Å². The number of ether oxygens (including phenoxy) is 1. The van der Waals surface area contributed by atoms with Gasteiger partial charge in [-0.1, -0.05) is 60.7 Å². The number of carboxylic acid groups (broad SMARTS) is 1. The first-order valence-corrected chi connectivity index (χ1v) is 9.92. The van der Waals surface area contributed by atoms with Gasteiger partial charge in [0, 0.05) is 24.5 Å². The molecular formula is C24H20N2O6. The second-order valence-corrected chi connectivity index (χ2v) is 7.70. The molecule has 3 N–H and O–H groups in total. The van der Waals surface area contributed by atoms with Gasteiger partial charge in [0.1, 0.15) is 6.61 Å². The summed E-state index contributed by atoms with van der Waals surface area (Å²) in [6, 6.07) is 20.8. The van der Waals surface area contributed by atoms with E-state index in [9.17, 15) is 24.8 Å². The van der Waals surface area contributed by atoms with Crippen LogP contribution in [0.3, 0.4) is 0 Å². The summed E-state index contributed by atoms with van der Waals surface area (Å²) in [6.45, 7) is -0.0562. The van der Waals surface area contributed by atoms with Crippen LogP contribution in [0.4, 0.5) is 5.69 Å². The van der Waals surface area contributed by atoms with Crippen molar-refractivity contribution in [3.63, 3.8) is 0 Å². The largest absolute Gasteiger partial charge is 0.479 e. The van der Waals surface area contributed by atoms with E-state index < -0.39 is 22.4 Å². The highest BCUT2D eigenvalue weighted by atomic mass is 16.6. The van der Waals surface area contributed by atoms with E-state index in [-0.39, 0.29) is 24.6 Å². The van der Waals surface area contributed by atoms with Crippen LogP contribution < -0.4 is 5.73 Å². The molecule has 0 saturated heterocycles. The molecule has 0 aliphatic heterocycles. The summed E-state index contributed by atoms with van der Waals surface area (Å²) in [6.07, 6.45) is -0.364. The minimum Gasteiger partial charge on any atom is -0.479 e. The van der Waals surface area contributed by atoms with E-state index in [1.807, 2.05) is 48.5 Å². The third-order valence-corrected chi connectivity index (χ3v) is 5.72. The molecule has 0 amide bonds. The molecule has 162 valence electrons. The molecule has 1 aliphatic carbocycles. The summed E-state index contributed by atoms with van der Waals surface area (Å²) >= 11 is 0. The van der Waals surface area contributed by atoms with Crippen molar-refractivity contribution < 1.29 is 24.4 Å². The molecule has 3 aromatic carbocycles. The van der Waals surface area contributed by atoms with Gasteiger partial charge in [0.05, 0.1) is 4.92 Å². The van der Waals surface area contributed by atoms with Crippen molar-refractivity contribution in [2.24, 2.45) is 5.73 Å². The second kappa shape index (κ2) is 8.24. The number of carboxylic acids is 1. The van der Waals surface area contributed by atoms with Gasteiger partial charge >= 0.3 is 11.9 Å². The van der Waals surface area contributed by atoms with E-state index in [0.717, 1.165) is 22.3 Å². The predicted molar refractivity (Wildman–Crippen MR) is 116 cm³/mol. The van der Waals surface area contributed by atoms with Crippen LogP contribution in [0.25, 0.3) is 11.1 Å². The zero-order valence-electron chi connectivity index (χ0n) is 16.9. The maximum absolute atomic E-state index is 12.8. The van der Waals surface area contributed by atoms with Crippen LogP contribution >= 0.6 is 0 Å². The number of nitro groups is 1. The Morgan fingerprint density at radius 3 is 2.00 bits per heavy atom. The number of benzene rings is 3. The number of hydrogen-bond donors (Lipinski definition) is 2. The van der Waals surface area contributed by atoms with Crippen LogP contribution in [-0.2, 0) is 20.7 Å². The Morgan fingerprint density at radius 1 is 0.969 bits per heavy atom. The molecule has 3 aromatic rings. The van der Waals surface area contributed by atoms with E-state index in [2.05, 4.69) is 0 Å².